The first kappa shape index (κ1) is 23.4. The third-order valence-electron chi connectivity index (χ3n) is 4.19. The van der Waals surface area contributed by atoms with Crippen molar-refractivity contribution in [2.24, 2.45) is 0 Å². The molecule has 0 bridgehead atoms. The zero-order valence-electron chi connectivity index (χ0n) is 16.2. The van der Waals surface area contributed by atoms with Gasteiger partial charge in [0.1, 0.15) is 5.75 Å². The zero-order chi connectivity index (χ0) is 21.9. The molecule has 2 rings (SSSR count). The number of amides is 2. The molecule has 0 fully saturated rings. The molecule has 30 heavy (non-hydrogen) atoms. The van der Waals surface area contributed by atoms with E-state index in [1.54, 1.807) is 42.5 Å². The van der Waals surface area contributed by atoms with Gasteiger partial charge in [0.15, 0.2) is 6.10 Å². The Hall–Kier alpha value is -2.88. The monoisotopic (exact) mass is 478 g/mol. The molecule has 0 aliphatic carbocycles. The first-order chi connectivity index (χ1) is 14.4. The average molecular weight is 479 g/mol. The van der Waals surface area contributed by atoms with Crippen molar-refractivity contribution < 1.29 is 29.4 Å². The number of hydroxylamine groups is 1. The summed E-state index contributed by atoms with van der Waals surface area (Å²) in [4.78, 5) is 23.6. The Morgan fingerprint density at radius 2 is 1.93 bits per heavy atom. The second-order valence-electron chi connectivity index (χ2n) is 6.25. The predicted octanol–water partition coefficient (Wildman–Crippen LogP) is 4.30. The number of halogens is 1. The van der Waals surface area contributed by atoms with E-state index >= 15 is 0 Å². The number of allylic oxidation sites excluding steroid dienone is 1. The van der Waals surface area contributed by atoms with E-state index in [1.165, 1.54) is 24.7 Å². The minimum absolute atomic E-state index is 0.0482. The minimum atomic E-state index is -0.920. The number of carbonyl (C=O) groups is 2. The van der Waals surface area contributed by atoms with E-state index in [9.17, 15) is 14.7 Å². The summed E-state index contributed by atoms with van der Waals surface area (Å²) < 4.78 is 11.9. The number of aromatic hydroxyl groups is 1. The van der Waals surface area contributed by atoms with Crippen molar-refractivity contribution in [1.82, 2.24) is 5.48 Å². The Balaban J connectivity index is 2.20. The minimum Gasteiger partial charge on any atom is -0.508 e. The number of phenols is 1. The molecule has 0 spiro atoms. The molecule has 2 atom stereocenters. The van der Waals surface area contributed by atoms with Crippen molar-refractivity contribution in [3.05, 3.63) is 70.7 Å². The average Bonchev–Trinajstić information content (AvgIpc) is 2.75. The van der Waals surface area contributed by atoms with Crippen LogP contribution in [-0.2, 0) is 14.3 Å². The van der Waals surface area contributed by atoms with Crippen LogP contribution in [0.3, 0.4) is 0 Å². The van der Waals surface area contributed by atoms with Crippen LogP contribution in [0.25, 0.3) is 0 Å². The Labute approximate surface area is 182 Å². The number of phenolic OH excluding ortho intramolecular Hbond substituents is 1. The standard InChI is InChI=1S/C21H23BrN2O6/c1-29-18(9-5-6-10-19(26)24-28)20(16-13-14(22)11-12-17(16)25)30-21(27)23-15-7-3-2-4-8-15/h2-4,6-8,10-13,18,20,25,28H,5,9H2,1H3,(H,23,27)(H,24,26)/b10-6+/t18-,20-/m0/s1. The maximum absolute atomic E-state index is 12.5. The van der Waals surface area contributed by atoms with E-state index in [1.807, 2.05) is 6.07 Å². The van der Waals surface area contributed by atoms with Crippen molar-refractivity contribution in [3.63, 3.8) is 0 Å². The summed E-state index contributed by atoms with van der Waals surface area (Å²) in [7, 11) is 1.47. The molecule has 0 saturated carbocycles. The van der Waals surface area contributed by atoms with Gasteiger partial charge in [0, 0.05) is 28.9 Å². The molecular weight excluding hydrogens is 456 g/mol. The summed E-state index contributed by atoms with van der Waals surface area (Å²) in [6.45, 7) is 0. The fourth-order valence-electron chi connectivity index (χ4n) is 2.76. The SMILES string of the molecule is CO[C@@H](CC/C=C/C(=O)NO)[C@@H](OC(=O)Nc1ccccc1)c1cc(Br)ccc1O. The largest absolute Gasteiger partial charge is 0.508 e. The number of hydrogen-bond donors (Lipinski definition) is 4. The molecule has 0 aromatic heterocycles. The molecule has 2 aromatic carbocycles. The van der Waals surface area contributed by atoms with E-state index in [0.717, 1.165) is 0 Å². The van der Waals surface area contributed by atoms with Gasteiger partial charge < -0.3 is 14.6 Å². The Morgan fingerprint density at radius 3 is 2.60 bits per heavy atom. The number of methoxy groups -OCH3 is 1. The van der Waals surface area contributed by atoms with Gasteiger partial charge in [-0.2, -0.15) is 0 Å². The third kappa shape index (κ3) is 7.18. The molecule has 160 valence electrons. The van der Waals surface area contributed by atoms with Gasteiger partial charge in [-0.25, -0.2) is 10.3 Å². The molecule has 0 radical (unpaired) electrons. The molecule has 4 N–H and O–H groups in total. The van der Waals surface area contributed by atoms with Crippen LogP contribution in [0, 0.1) is 0 Å². The van der Waals surface area contributed by atoms with Gasteiger partial charge in [0.25, 0.3) is 5.91 Å². The van der Waals surface area contributed by atoms with Crippen molar-refractivity contribution in [1.29, 1.82) is 0 Å². The van der Waals surface area contributed by atoms with Crippen molar-refractivity contribution in [2.45, 2.75) is 25.0 Å². The highest BCUT2D eigenvalue weighted by atomic mass is 79.9. The van der Waals surface area contributed by atoms with Crippen LogP contribution in [0.1, 0.15) is 24.5 Å². The van der Waals surface area contributed by atoms with E-state index in [2.05, 4.69) is 21.2 Å². The predicted molar refractivity (Wildman–Crippen MR) is 114 cm³/mol. The fraction of sp³-hybridized carbons (Fsp3) is 0.238. The molecule has 8 nitrogen and oxygen atoms in total. The summed E-state index contributed by atoms with van der Waals surface area (Å²) in [5, 5.41) is 21.5. The molecule has 0 saturated heterocycles. The number of benzene rings is 2. The third-order valence-corrected chi connectivity index (χ3v) is 4.68. The number of nitrogens with one attached hydrogen (secondary N) is 2. The number of ether oxygens (including phenoxy) is 2. The van der Waals surface area contributed by atoms with Gasteiger partial charge in [-0.1, -0.05) is 40.2 Å². The van der Waals surface area contributed by atoms with Crippen LogP contribution in [0.15, 0.2) is 65.2 Å². The molecule has 9 heteroatoms. The lowest BCUT2D eigenvalue weighted by atomic mass is 9.99. The quantitative estimate of drug-likeness (QED) is 0.242. The normalized spacial score (nSPS) is 12.9. The molecule has 0 aliphatic rings. The lowest BCUT2D eigenvalue weighted by Gasteiger charge is -2.27. The van der Waals surface area contributed by atoms with Crippen molar-refractivity contribution in [3.8, 4) is 5.75 Å². The van der Waals surface area contributed by atoms with Crippen LogP contribution < -0.4 is 10.8 Å². The number of anilines is 1. The van der Waals surface area contributed by atoms with Crippen molar-refractivity contribution >= 4 is 33.6 Å². The van der Waals surface area contributed by atoms with Crippen molar-refractivity contribution in [2.75, 3.05) is 12.4 Å². The van der Waals surface area contributed by atoms with E-state index < -0.39 is 24.2 Å². The Bertz CT molecular complexity index is 875. The molecule has 0 unspecified atom stereocenters. The maximum Gasteiger partial charge on any atom is 0.412 e. The van der Waals surface area contributed by atoms with Gasteiger partial charge in [-0.3, -0.25) is 15.3 Å². The highest BCUT2D eigenvalue weighted by molar-refractivity contribution is 9.10. The lowest BCUT2D eigenvalue weighted by Crippen LogP contribution is -2.28. The highest BCUT2D eigenvalue weighted by Gasteiger charge is 2.29. The topological polar surface area (TPSA) is 117 Å². The number of rotatable bonds is 9. The van der Waals surface area contributed by atoms with E-state index in [-0.39, 0.29) is 5.75 Å². The van der Waals surface area contributed by atoms with Crippen LogP contribution in [0.2, 0.25) is 0 Å². The van der Waals surface area contributed by atoms with Gasteiger partial charge in [0.2, 0.25) is 0 Å². The molecule has 0 aliphatic heterocycles. The molecule has 2 aromatic rings. The van der Waals surface area contributed by atoms with Gasteiger partial charge in [-0.15, -0.1) is 0 Å². The smallest absolute Gasteiger partial charge is 0.412 e. The van der Waals surface area contributed by atoms with Gasteiger partial charge in [-0.05, 0) is 43.2 Å². The number of para-hydroxylation sites is 1. The summed E-state index contributed by atoms with van der Waals surface area (Å²) in [5.74, 6) is -0.698. The molecule has 2 amide bonds. The second kappa shape index (κ2) is 12.0. The number of hydrogen-bond acceptors (Lipinski definition) is 6. The summed E-state index contributed by atoms with van der Waals surface area (Å²) in [6.07, 6.45) is 1.27. The lowest BCUT2D eigenvalue weighted by molar-refractivity contribution is -0.124. The van der Waals surface area contributed by atoms with Crippen LogP contribution in [-0.4, -0.2) is 35.5 Å². The van der Waals surface area contributed by atoms with Gasteiger partial charge >= 0.3 is 6.09 Å². The van der Waals surface area contributed by atoms with Gasteiger partial charge in [0.05, 0.1) is 6.10 Å². The van der Waals surface area contributed by atoms with E-state index in [4.69, 9.17) is 14.7 Å². The Kier molecular flexibility index (Phi) is 9.33. The summed E-state index contributed by atoms with van der Waals surface area (Å²) in [5.41, 5.74) is 2.44. The van der Waals surface area contributed by atoms with Crippen LogP contribution in [0.5, 0.6) is 5.75 Å². The maximum atomic E-state index is 12.5. The van der Waals surface area contributed by atoms with Crippen LogP contribution in [0.4, 0.5) is 10.5 Å². The fourth-order valence-corrected chi connectivity index (χ4v) is 3.14. The zero-order valence-corrected chi connectivity index (χ0v) is 17.8. The van der Waals surface area contributed by atoms with Crippen LogP contribution >= 0.6 is 15.9 Å². The molecular formula is C21H23BrN2O6. The Morgan fingerprint density at radius 1 is 1.20 bits per heavy atom. The highest BCUT2D eigenvalue weighted by Crippen LogP contribution is 2.34. The summed E-state index contributed by atoms with van der Waals surface area (Å²) >= 11 is 3.36. The molecule has 0 heterocycles. The summed E-state index contributed by atoms with van der Waals surface area (Å²) in [6, 6.07) is 13.6. The number of carbonyl (C=O) groups excluding carboxylic acids is 2. The van der Waals surface area contributed by atoms with E-state index in [0.29, 0.717) is 28.6 Å². The first-order valence-electron chi connectivity index (χ1n) is 9.09. The first-order valence-corrected chi connectivity index (χ1v) is 9.88. The second-order valence-corrected chi connectivity index (χ2v) is 7.17.